The maximum Gasteiger partial charge on any atom is 0.332 e. The lowest BCUT2D eigenvalue weighted by Gasteiger charge is -2.13. The van der Waals surface area contributed by atoms with Crippen LogP contribution in [0.15, 0.2) is 70.4 Å². The van der Waals surface area contributed by atoms with Crippen molar-refractivity contribution < 1.29 is 4.79 Å². The van der Waals surface area contributed by atoms with Gasteiger partial charge in [0.15, 0.2) is 0 Å². The summed E-state index contributed by atoms with van der Waals surface area (Å²) in [5.41, 5.74) is 1.15. The number of nitrogens with zero attached hydrogens (tertiary/aromatic N) is 4. The second kappa shape index (κ2) is 7.16. The molecule has 8 nitrogen and oxygen atoms in total. The van der Waals surface area contributed by atoms with Gasteiger partial charge in [0.05, 0.1) is 22.5 Å². The minimum absolute atomic E-state index is 0.114. The van der Waals surface area contributed by atoms with E-state index in [1.165, 1.54) is 24.7 Å². The molecule has 0 fully saturated rings. The van der Waals surface area contributed by atoms with Crippen LogP contribution in [0.5, 0.6) is 0 Å². The van der Waals surface area contributed by atoms with Crippen molar-refractivity contribution in [3.63, 3.8) is 0 Å². The second-order valence-corrected chi connectivity index (χ2v) is 6.51. The highest BCUT2D eigenvalue weighted by Gasteiger charge is 2.16. The number of fused-ring (bicyclic) bond motifs is 1. The molecule has 4 aromatic rings. The molecule has 4 rings (SSSR count). The zero-order valence-electron chi connectivity index (χ0n) is 15.8. The lowest BCUT2D eigenvalue weighted by atomic mass is 10.1. The highest BCUT2D eigenvalue weighted by atomic mass is 16.2. The number of benzene rings is 1. The number of hydrogen-bond donors (Lipinski definition) is 1. The summed E-state index contributed by atoms with van der Waals surface area (Å²) in [7, 11) is 2.87. The van der Waals surface area contributed by atoms with Gasteiger partial charge in [-0.1, -0.05) is 24.3 Å². The van der Waals surface area contributed by atoms with Gasteiger partial charge >= 0.3 is 5.69 Å². The Morgan fingerprint density at radius 3 is 2.45 bits per heavy atom. The van der Waals surface area contributed by atoms with Crippen LogP contribution in [0.25, 0.3) is 22.3 Å². The molecule has 8 heteroatoms. The highest BCUT2D eigenvalue weighted by molar-refractivity contribution is 6.12. The van der Waals surface area contributed by atoms with E-state index in [-0.39, 0.29) is 5.82 Å². The molecular formula is C21H17N5O3. The molecule has 0 saturated carbocycles. The van der Waals surface area contributed by atoms with Crippen LogP contribution in [0.3, 0.4) is 0 Å². The van der Waals surface area contributed by atoms with E-state index in [4.69, 9.17) is 0 Å². The molecule has 29 heavy (non-hydrogen) atoms. The first-order valence-electron chi connectivity index (χ1n) is 8.85. The fraction of sp³-hybridized carbons (Fsp3) is 0.0952. The predicted octanol–water partition coefficient (Wildman–Crippen LogP) is 1.95. The zero-order chi connectivity index (χ0) is 20.5. The van der Waals surface area contributed by atoms with Crippen LogP contribution >= 0.6 is 0 Å². The molecule has 0 radical (unpaired) electrons. The van der Waals surface area contributed by atoms with Crippen LogP contribution in [0, 0.1) is 0 Å². The minimum Gasteiger partial charge on any atom is -0.308 e. The predicted molar refractivity (Wildman–Crippen MR) is 110 cm³/mol. The molecule has 0 bridgehead atoms. The maximum atomic E-state index is 13.1. The van der Waals surface area contributed by atoms with E-state index in [1.807, 2.05) is 30.3 Å². The first-order valence-corrected chi connectivity index (χ1v) is 8.85. The number of carbonyl (C=O) groups excluding carboxylic acids is 1. The Kier molecular flexibility index (Phi) is 4.52. The third-order valence-electron chi connectivity index (χ3n) is 4.66. The number of amides is 1. The summed E-state index contributed by atoms with van der Waals surface area (Å²) in [6, 6.07) is 15.6. The average molecular weight is 387 g/mol. The zero-order valence-corrected chi connectivity index (χ0v) is 15.8. The number of aromatic nitrogens is 4. The van der Waals surface area contributed by atoms with Gasteiger partial charge in [-0.25, -0.2) is 9.78 Å². The monoisotopic (exact) mass is 387 g/mol. The smallest absolute Gasteiger partial charge is 0.308 e. The third kappa shape index (κ3) is 3.31. The quantitative estimate of drug-likeness (QED) is 0.579. The van der Waals surface area contributed by atoms with E-state index in [9.17, 15) is 14.4 Å². The Balaban J connectivity index is 1.84. The molecule has 1 amide bonds. The second-order valence-electron chi connectivity index (χ2n) is 6.51. The van der Waals surface area contributed by atoms with E-state index in [0.29, 0.717) is 27.9 Å². The fourth-order valence-corrected chi connectivity index (χ4v) is 3.05. The van der Waals surface area contributed by atoms with Crippen LogP contribution in [0.2, 0.25) is 0 Å². The number of nitrogens with one attached hydrogen (secondary N) is 1. The van der Waals surface area contributed by atoms with Crippen molar-refractivity contribution in [1.29, 1.82) is 0 Å². The van der Waals surface area contributed by atoms with Crippen molar-refractivity contribution >= 4 is 22.6 Å². The Bertz CT molecular complexity index is 1360. The Labute approximate surface area is 165 Å². The van der Waals surface area contributed by atoms with Gasteiger partial charge in [-0.15, -0.1) is 0 Å². The molecule has 3 aromatic heterocycles. The molecule has 0 saturated heterocycles. The summed E-state index contributed by atoms with van der Waals surface area (Å²) in [5.74, 6) is -0.340. The summed E-state index contributed by atoms with van der Waals surface area (Å²) in [5, 5.41) is 3.32. The number of pyridine rings is 2. The summed E-state index contributed by atoms with van der Waals surface area (Å²) in [6.07, 6.45) is 1.65. The van der Waals surface area contributed by atoms with Crippen molar-refractivity contribution in [2.45, 2.75) is 0 Å². The minimum atomic E-state index is -0.526. The summed E-state index contributed by atoms with van der Waals surface area (Å²) in [6.45, 7) is 0. The topological polar surface area (TPSA) is 98.9 Å². The van der Waals surface area contributed by atoms with Gasteiger partial charge in [0.1, 0.15) is 5.82 Å². The molecule has 0 aliphatic carbocycles. The van der Waals surface area contributed by atoms with Gasteiger partial charge in [0, 0.05) is 31.7 Å². The van der Waals surface area contributed by atoms with Gasteiger partial charge in [-0.05, 0) is 24.3 Å². The first kappa shape index (κ1) is 18.3. The molecule has 144 valence electrons. The summed E-state index contributed by atoms with van der Waals surface area (Å²) in [4.78, 5) is 46.1. The van der Waals surface area contributed by atoms with E-state index < -0.39 is 17.2 Å². The van der Waals surface area contributed by atoms with Crippen LogP contribution in [0.1, 0.15) is 10.4 Å². The Morgan fingerprint density at radius 1 is 0.931 bits per heavy atom. The number of anilines is 1. The van der Waals surface area contributed by atoms with E-state index in [0.717, 1.165) is 4.57 Å². The third-order valence-corrected chi connectivity index (χ3v) is 4.66. The molecule has 3 heterocycles. The van der Waals surface area contributed by atoms with Crippen LogP contribution in [-0.2, 0) is 14.1 Å². The largest absolute Gasteiger partial charge is 0.332 e. The van der Waals surface area contributed by atoms with E-state index >= 15 is 0 Å². The normalized spacial score (nSPS) is 10.8. The first-order chi connectivity index (χ1) is 14.0. The molecule has 0 unspecified atom stereocenters. The molecule has 1 aromatic carbocycles. The highest BCUT2D eigenvalue weighted by Crippen LogP contribution is 2.24. The number of para-hydroxylation sites is 1. The molecule has 0 aliphatic rings. The summed E-state index contributed by atoms with van der Waals surface area (Å²) >= 11 is 0. The molecule has 1 N–H and O–H groups in total. The van der Waals surface area contributed by atoms with E-state index in [2.05, 4.69) is 15.3 Å². The van der Waals surface area contributed by atoms with Crippen molar-refractivity contribution in [3.05, 3.63) is 87.2 Å². The van der Waals surface area contributed by atoms with Crippen molar-refractivity contribution in [2.24, 2.45) is 14.1 Å². The van der Waals surface area contributed by atoms with Gasteiger partial charge < -0.3 is 5.32 Å². The van der Waals surface area contributed by atoms with Crippen LogP contribution in [0.4, 0.5) is 5.82 Å². The van der Waals surface area contributed by atoms with Gasteiger partial charge in [-0.2, -0.15) is 0 Å². The standard InChI is InChI=1S/C21H17N5O3/c1-25-18(12-19(27)26(2)21(25)29)24-20(28)14-11-17(16-9-5-6-10-22-16)23-15-8-4-3-7-13(14)15/h3-12H,1-2H3,(H,24,28). The lowest BCUT2D eigenvalue weighted by Crippen LogP contribution is -2.38. The van der Waals surface area contributed by atoms with Crippen molar-refractivity contribution in [1.82, 2.24) is 19.1 Å². The van der Waals surface area contributed by atoms with Crippen molar-refractivity contribution in [2.75, 3.05) is 5.32 Å². The number of carbonyl (C=O) groups is 1. The van der Waals surface area contributed by atoms with Crippen LogP contribution in [-0.4, -0.2) is 25.0 Å². The Hall–Kier alpha value is -4.07. The van der Waals surface area contributed by atoms with Crippen molar-refractivity contribution in [3.8, 4) is 11.4 Å². The SMILES string of the molecule is Cn1c(NC(=O)c2cc(-c3ccccn3)nc3ccccc23)cc(=O)n(C)c1=O. The van der Waals surface area contributed by atoms with Crippen LogP contribution < -0.4 is 16.6 Å². The lowest BCUT2D eigenvalue weighted by molar-refractivity contribution is 0.102. The number of rotatable bonds is 3. The fourth-order valence-electron chi connectivity index (χ4n) is 3.05. The average Bonchev–Trinajstić information content (AvgIpc) is 2.75. The number of hydrogen-bond acceptors (Lipinski definition) is 5. The maximum absolute atomic E-state index is 13.1. The molecule has 0 aliphatic heterocycles. The van der Waals surface area contributed by atoms with Gasteiger partial charge in [-0.3, -0.25) is 23.7 Å². The van der Waals surface area contributed by atoms with Gasteiger partial charge in [0.2, 0.25) is 0 Å². The summed E-state index contributed by atoms with van der Waals surface area (Å²) < 4.78 is 2.18. The molecule has 0 spiro atoms. The molecule has 0 atom stereocenters. The van der Waals surface area contributed by atoms with E-state index in [1.54, 1.807) is 24.4 Å². The Morgan fingerprint density at radius 2 is 1.69 bits per heavy atom. The molecular weight excluding hydrogens is 370 g/mol. The van der Waals surface area contributed by atoms with Gasteiger partial charge in [0.25, 0.3) is 11.5 Å².